The van der Waals surface area contributed by atoms with E-state index in [1.165, 1.54) is 12.3 Å². The van der Waals surface area contributed by atoms with E-state index < -0.39 is 17.5 Å². The lowest BCUT2D eigenvalue weighted by molar-refractivity contribution is -0.116. The maximum atomic E-state index is 13.6. The number of aromatic nitrogens is 1. The Kier molecular flexibility index (Phi) is 3.89. The summed E-state index contributed by atoms with van der Waals surface area (Å²) in [5.41, 5.74) is 0.373. The predicted octanol–water partition coefficient (Wildman–Crippen LogP) is 2.92. The van der Waals surface area contributed by atoms with E-state index in [0.29, 0.717) is 17.0 Å². The number of carbonyl (C=O) groups excluding carboxylic acids is 1. The van der Waals surface area contributed by atoms with Crippen LogP contribution >= 0.6 is 0 Å². The number of nitrogens with one attached hydrogen (secondary N) is 1. The van der Waals surface area contributed by atoms with Crippen molar-refractivity contribution in [2.45, 2.75) is 6.54 Å². The molecule has 3 rings (SSSR count). The molecule has 0 aliphatic carbocycles. The van der Waals surface area contributed by atoms with E-state index in [-0.39, 0.29) is 17.7 Å². The summed E-state index contributed by atoms with van der Waals surface area (Å²) in [6.45, 7) is -0.0996. The first-order valence-corrected chi connectivity index (χ1v) is 6.88. The smallest absolute Gasteiger partial charge is 0.244 e. The highest BCUT2D eigenvalue weighted by Gasteiger charge is 2.10. The van der Waals surface area contributed by atoms with Gasteiger partial charge in [0.05, 0.1) is 11.2 Å². The van der Waals surface area contributed by atoms with Crippen molar-refractivity contribution in [1.29, 1.82) is 0 Å². The second-order valence-electron chi connectivity index (χ2n) is 5.00. The number of amides is 1. The molecule has 0 bridgehead atoms. The summed E-state index contributed by atoms with van der Waals surface area (Å²) >= 11 is 0. The number of rotatable bonds is 3. The van der Waals surface area contributed by atoms with Crippen LogP contribution < -0.4 is 10.7 Å². The van der Waals surface area contributed by atoms with Crippen LogP contribution in [0.4, 0.5) is 14.5 Å². The van der Waals surface area contributed by atoms with Crippen molar-refractivity contribution >= 4 is 22.5 Å². The number of pyridine rings is 1. The summed E-state index contributed by atoms with van der Waals surface area (Å²) < 4.78 is 28.0. The number of benzene rings is 2. The van der Waals surface area contributed by atoms with Crippen molar-refractivity contribution < 1.29 is 13.6 Å². The minimum absolute atomic E-state index is 0.0956. The van der Waals surface area contributed by atoms with Gasteiger partial charge in [-0.1, -0.05) is 12.1 Å². The van der Waals surface area contributed by atoms with Crippen LogP contribution in [0.25, 0.3) is 10.9 Å². The molecule has 6 heteroatoms. The van der Waals surface area contributed by atoms with E-state index in [9.17, 15) is 18.4 Å². The Hall–Kier alpha value is -3.02. The second-order valence-corrected chi connectivity index (χ2v) is 5.00. The van der Waals surface area contributed by atoms with Crippen LogP contribution in [0.5, 0.6) is 0 Å². The SMILES string of the molecule is O=C(Cn1ccc(=O)c2ccccc21)Nc1ccc(F)cc1F. The number of carbonyl (C=O) groups is 1. The van der Waals surface area contributed by atoms with Crippen molar-refractivity contribution in [3.8, 4) is 0 Å². The maximum Gasteiger partial charge on any atom is 0.244 e. The highest BCUT2D eigenvalue weighted by atomic mass is 19.1. The van der Waals surface area contributed by atoms with Crippen LogP contribution in [-0.4, -0.2) is 10.5 Å². The van der Waals surface area contributed by atoms with E-state index in [1.54, 1.807) is 28.8 Å². The average Bonchev–Trinajstić information content (AvgIpc) is 2.53. The molecule has 0 saturated heterocycles. The van der Waals surface area contributed by atoms with Gasteiger partial charge in [-0.15, -0.1) is 0 Å². The van der Waals surface area contributed by atoms with Crippen LogP contribution in [0.1, 0.15) is 0 Å². The zero-order valence-electron chi connectivity index (χ0n) is 11.9. The molecule has 0 saturated carbocycles. The molecule has 0 radical (unpaired) electrons. The number of hydrogen-bond donors (Lipinski definition) is 1. The Balaban J connectivity index is 1.86. The molecule has 0 unspecified atom stereocenters. The molecule has 116 valence electrons. The topological polar surface area (TPSA) is 51.1 Å². The summed E-state index contributed by atoms with van der Waals surface area (Å²) in [4.78, 5) is 23.9. The van der Waals surface area contributed by atoms with E-state index in [2.05, 4.69) is 5.32 Å². The summed E-state index contributed by atoms with van der Waals surface area (Å²) in [5, 5.41) is 2.88. The van der Waals surface area contributed by atoms with Crippen molar-refractivity contribution in [1.82, 2.24) is 4.57 Å². The van der Waals surface area contributed by atoms with E-state index in [1.807, 2.05) is 0 Å². The maximum absolute atomic E-state index is 13.6. The Morgan fingerprint density at radius 3 is 2.65 bits per heavy atom. The quantitative estimate of drug-likeness (QED) is 0.808. The second kappa shape index (κ2) is 6.00. The molecular weight excluding hydrogens is 302 g/mol. The zero-order valence-corrected chi connectivity index (χ0v) is 11.9. The first-order valence-electron chi connectivity index (χ1n) is 6.88. The van der Waals surface area contributed by atoms with E-state index in [4.69, 9.17) is 0 Å². The van der Waals surface area contributed by atoms with Crippen LogP contribution in [0, 0.1) is 11.6 Å². The third kappa shape index (κ3) is 3.11. The van der Waals surface area contributed by atoms with E-state index in [0.717, 1.165) is 12.1 Å². The fourth-order valence-corrected chi connectivity index (χ4v) is 2.33. The highest BCUT2D eigenvalue weighted by molar-refractivity contribution is 5.91. The number of fused-ring (bicyclic) bond motifs is 1. The van der Waals surface area contributed by atoms with Gasteiger partial charge in [0.1, 0.15) is 18.2 Å². The van der Waals surface area contributed by atoms with Crippen LogP contribution in [0.3, 0.4) is 0 Å². The molecule has 0 fully saturated rings. The largest absolute Gasteiger partial charge is 0.338 e. The van der Waals surface area contributed by atoms with Crippen molar-refractivity contribution in [2.75, 3.05) is 5.32 Å². The Morgan fingerprint density at radius 2 is 1.87 bits per heavy atom. The highest BCUT2D eigenvalue weighted by Crippen LogP contribution is 2.15. The first kappa shape index (κ1) is 14.9. The first-order chi connectivity index (χ1) is 11.0. The van der Waals surface area contributed by atoms with Crippen molar-refractivity contribution in [3.05, 3.63) is 76.6 Å². The van der Waals surface area contributed by atoms with Gasteiger partial charge in [-0.25, -0.2) is 8.78 Å². The molecule has 4 nitrogen and oxygen atoms in total. The van der Waals surface area contributed by atoms with Gasteiger partial charge in [-0.05, 0) is 24.3 Å². The van der Waals surface area contributed by atoms with Gasteiger partial charge in [0.25, 0.3) is 0 Å². The fraction of sp³-hybridized carbons (Fsp3) is 0.0588. The molecule has 1 aromatic heterocycles. The summed E-state index contributed by atoms with van der Waals surface area (Å²) in [6, 6.07) is 11.2. The molecule has 0 spiro atoms. The van der Waals surface area contributed by atoms with Gasteiger partial charge in [0, 0.05) is 23.7 Å². The van der Waals surface area contributed by atoms with Gasteiger partial charge in [0.15, 0.2) is 5.43 Å². The fourth-order valence-electron chi connectivity index (χ4n) is 2.33. The third-order valence-electron chi connectivity index (χ3n) is 3.40. The summed E-state index contributed by atoms with van der Waals surface area (Å²) in [6.07, 6.45) is 1.51. The normalized spacial score (nSPS) is 10.7. The molecule has 1 N–H and O–H groups in total. The molecule has 23 heavy (non-hydrogen) atoms. The lowest BCUT2D eigenvalue weighted by Crippen LogP contribution is -2.21. The Bertz CT molecular complexity index is 951. The number of halogens is 2. The minimum atomic E-state index is -0.844. The zero-order chi connectivity index (χ0) is 16.4. The third-order valence-corrected chi connectivity index (χ3v) is 3.40. The van der Waals surface area contributed by atoms with Crippen LogP contribution in [0.15, 0.2) is 59.5 Å². The standard InChI is InChI=1S/C17H12F2N2O2/c18-11-5-6-14(13(19)9-11)20-17(23)10-21-8-7-16(22)12-3-1-2-4-15(12)21/h1-9H,10H2,(H,20,23). The summed E-state index contributed by atoms with van der Waals surface area (Å²) in [7, 11) is 0. The van der Waals surface area contributed by atoms with Crippen molar-refractivity contribution in [2.24, 2.45) is 0 Å². The molecule has 1 heterocycles. The molecule has 3 aromatic rings. The Labute approximate surface area is 130 Å². The lowest BCUT2D eigenvalue weighted by Gasteiger charge is -2.11. The lowest BCUT2D eigenvalue weighted by atomic mass is 10.2. The van der Waals surface area contributed by atoms with Gasteiger partial charge in [-0.3, -0.25) is 9.59 Å². The van der Waals surface area contributed by atoms with Gasteiger partial charge in [0.2, 0.25) is 5.91 Å². The Morgan fingerprint density at radius 1 is 1.09 bits per heavy atom. The van der Waals surface area contributed by atoms with Crippen LogP contribution in [-0.2, 0) is 11.3 Å². The molecule has 1 amide bonds. The number of nitrogens with zero attached hydrogens (tertiary/aromatic N) is 1. The minimum Gasteiger partial charge on any atom is -0.338 e. The van der Waals surface area contributed by atoms with Gasteiger partial charge < -0.3 is 9.88 Å². The van der Waals surface area contributed by atoms with E-state index >= 15 is 0 Å². The molecule has 2 aromatic carbocycles. The number of para-hydroxylation sites is 1. The van der Waals surface area contributed by atoms with Crippen LogP contribution in [0.2, 0.25) is 0 Å². The monoisotopic (exact) mass is 314 g/mol. The number of hydrogen-bond acceptors (Lipinski definition) is 2. The molecule has 0 aliphatic rings. The molecule has 0 atom stereocenters. The average molecular weight is 314 g/mol. The molecular formula is C17H12F2N2O2. The van der Waals surface area contributed by atoms with Gasteiger partial charge in [-0.2, -0.15) is 0 Å². The van der Waals surface area contributed by atoms with Gasteiger partial charge >= 0.3 is 0 Å². The summed E-state index contributed by atoms with van der Waals surface area (Å²) in [5.74, 6) is -2.04. The van der Waals surface area contributed by atoms with Crippen molar-refractivity contribution in [3.63, 3.8) is 0 Å². The number of anilines is 1. The predicted molar refractivity (Wildman–Crippen MR) is 83.2 cm³/mol. The molecule has 0 aliphatic heterocycles.